The predicted octanol–water partition coefficient (Wildman–Crippen LogP) is 11.0. The maximum absolute atomic E-state index is 11.7. The van der Waals surface area contributed by atoms with Crippen LogP contribution >= 0.6 is 34.8 Å². The Morgan fingerprint density at radius 2 is 0.881 bits per heavy atom. The van der Waals surface area contributed by atoms with Gasteiger partial charge in [0.25, 0.3) is 0 Å². The van der Waals surface area contributed by atoms with Crippen LogP contribution in [0.25, 0.3) is 33.1 Å². The predicted molar refractivity (Wildman–Crippen MR) is 267 cm³/mol. The van der Waals surface area contributed by atoms with Gasteiger partial charge in [-0.15, -0.1) is 0 Å². The van der Waals surface area contributed by atoms with Crippen molar-refractivity contribution in [2.24, 2.45) is 5.73 Å². The van der Waals surface area contributed by atoms with Gasteiger partial charge in [0.1, 0.15) is 34.3 Å². The molecule has 0 aliphatic heterocycles. The number of anilines is 2. The number of nitrogens with zero attached hydrogens (tertiary/aromatic N) is 6. The molecular weight excluding hydrogens is 921 g/mol. The minimum Gasteiger partial charge on any atom is -0.497 e. The molecule has 0 aliphatic carbocycles. The van der Waals surface area contributed by atoms with Gasteiger partial charge in [0.15, 0.2) is 21.3 Å². The van der Waals surface area contributed by atoms with E-state index in [1.165, 1.54) is 0 Å². The van der Waals surface area contributed by atoms with Crippen molar-refractivity contribution in [3.8, 4) is 17.2 Å². The Balaban J connectivity index is 0.000000230. The van der Waals surface area contributed by atoms with Crippen molar-refractivity contribution in [1.82, 2.24) is 29.9 Å². The highest BCUT2D eigenvalue weighted by molar-refractivity contribution is 6.40. The number of hydrogen-bond acceptors (Lipinski definition) is 16. The molecular formula is C48H62Cl3N9O7. The third-order valence-electron chi connectivity index (χ3n) is 9.30. The molecule has 19 heteroatoms. The van der Waals surface area contributed by atoms with E-state index < -0.39 is 11.2 Å². The number of rotatable bonds is 18. The number of aromatic nitrogens is 6. The summed E-state index contributed by atoms with van der Waals surface area (Å²) in [6.07, 6.45) is 6.15. The summed E-state index contributed by atoms with van der Waals surface area (Å²) in [4.78, 5) is 49.5. The normalized spacial score (nSPS) is 11.2. The number of benzene rings is 3. The van der Waals surface area contributed by atoms with Gasteiger partial charge in [0.05, 0.1) is 60.1 Å². The quantitative estimate of drug-likeness (QED) is 0.0540. The zero-order chi connectivity index (χ0) is 49.1. The summed E-state index contributed by atoms with van der Waals surface area (Å²) < 4.78 is 26.1. The number of fused-ring (bicyclic) bond motifs is 3. The van der Waals surface area contributed by atoms with Gasteiger partial charge >= 0.3 is 11.9 Å². The second-order valence-electron chi connectivity index (χ2n) is 17.1. The van der Waals surface area contributed by atoms with E-state index in [1.54, 1.807) is 39.5 Å². The zero-order valence-corrected chi connectivity index (χ0v) is 42.0. The molecule has 4 N–H and O–H groups in total. The van der Waals surface area contributed by atoms with E-state index in [0.717, 1.165) is 84.3 Å². The number of hydrogen-bond donors (Lipinski definition) is 3. The Kier molecular flexibility index (Phi) is 21.1. The standard InChI is InChI=1S/C20H30N4O3.C19H26ClN3O3.C9H6Cl2N2O/c1-20(2,3)27-18(25)8-6-5-7-11-22-19-17(13-21)23-15-10-9-14(26-4)12-16(15)24-19;1-19(2,3)26-16(24)8-6-5-7-11-21-18-17(20)22-14-10-9-13(25-4)12-15(14)23-18;1-14-5-2-3-6-7(4-5)13-9(11)8(10)12-6/h9-10,12H,5-8,11,13,21H2,1-4H3,(H,22,24);9-10,12H,5-8,11H2,1-4H3,(H,21,23);2-4H,1H3. The third kappa shape index (κ3) is 18.6. The van der Waals surface area contributed by atoms with E-state index in [0.29, 0.717) is 59.5 Å². The number of unbranched alkanes of at least 4 members (excludes halogenated alkanes) is 4. The molecule has 67 heavy (non-hydrogen) atoms. The molecule has 0 aliphatic rings. The molecule has 16 nitrogen and oxygen atoms in total. The van der Waals surface area contributed by atoms with Crippen molar-refractivity contribution in [3.63, 3.8) is 0 Å². The van der Waals surface area contributed by atoms with E-state index in [-0.39, 0.29) is 22.2 Å². The molecule has 3 heterocycles. The van der Waals surface area contributed by atoms with Gasteiger partial charge in [-0.05, 0) is 104 Å². The molecule has 0 fully saturated rings. The molecule has 0 spiro atoms. The van der Waals surface area contributed by atoms with Crippen LogP contribution in [0.1, 0.15) is 98.6 Å². The number of nitrogens with two attached hydrogens (primary N) is 1. The summed E-state index contributed by atoms with van der Waals surface area (Å²) in [6, 6.07) is 16.4. The average Bonchev–Trinajstić information content (AvgIpc) is 3.27. The molecule has 6 rings (SSSR count). The first-order valence-corrected chi connectivity index (χ1v) is 23.1. The van der Waals surface area contributed by atoms with Gasteiger partial charge in [-0.3, -0.25) is 9.59 Å². The van der Waals surface area contributed by atoms with Crippen molar-refractivity contribution < 1.29 is 33.3 Å². The number of carbonyl (C=O) groups is 2. The summed E-state index contributed by atoms with van der Waals surface area (Å²) in [7, 11) is 4.83. The molecule has 0 amide bonds. The fourth-order valence-corrected chi connectivity index (χ4v) is 6.66. The summed E-state index contributed by atoms with van der Waals surface area (Å²) in [5.41, 5.74) is 10.1. The molecule has 362 valence electrons. The molecule has 0 saturated carbocycles. The molecule has 0 atom stereocenters. The Hall–Kier alpha value is -5.55. The van der Waals surface area contributed by atoms with Gasteiger partial charge in [-0.1, -0.05) is 47.6 Å². The first kappa shape index (κ1) is 54.1. The van der Waals surface area contributed by atoms with Gasteiger partial charge in [-0.25, -0.2) is 29.9 Å². The zero-order valence-electron chi connectivity index (χ0n) is 39.7. The summed E-state index contributed by atoms with van der Waals surface area (Å²) in [5, 5.41) is 7.27. The highest BCUT2D eigenvalue weighted by Gasteiger charge is 2.17. The lowest BCUT2D eigenvalue weighted by molar-refractivity contribution is -0.156. The van der Waals surface area contributed by atoms with Crippen LogP contribution in [-0.2, 0) is 25.6 Å². The number of ether oxygens (including phenoxy) is 5. The molecule has 3 aromatic carbocycles. The lowest BCUT2D eigenvalue weighted by atomic mass is 10.1. The highest BCUT2D eigenvalue weighted by Crippen LogP contribution is 2.26. The molecule has 0 bridgehead atoms. The molecule has 6 aromatic rings. The highest BCUT2D eigenvalue weighted by atomic mass is 35.5. The van der Waals surface area contributed by atoms with Crippen LogP contribution in [0.2, 0.25) is 15.5 Å². The van der Waals surface area contributed by atoms with Crippen LogP contribution in [0.3, 0.4) is 0 Å². The Morgan fingerprint density at radius 3 is 1.30 bits per heavy atom. The second-order valence-corrected chi connectivity index (χ2v) is 18.2. The molecule has 0 saturated heterocycles. The Labute approximate surface area is 407 Å². The lowest BCUT2D eigenvalue weighted by Gasteiger charge is -2.19. The van der Waals surface area contributed by atoms with Crippen molar-refractivity contribution in [1.29, 1.82) is 0 Å². The lowest BCUT2D eigenvalue weighted by Crippen LogP contribution is -2.23. The van der Waals surface area contributed by atoms with E-state index in [9.17, 15) is 9.59 Å². The number of halogens is 3. The second kappa shape index (κ2) is 26.1. The van der Waals surface area contributed by atoms with Crippen molar-refractivity contribution in [2.75, 3.05) is 45.1 Å². The van der Waals surface area contributed by atoms with Crippen LogP contribution in [-0.4, -0.2) is 87.5 Å². The third-order valence-corrected chi connectivity index (χ3v) is 10.2. The van der Waals surface area contributed by atoms with Crippen LogP contribution < -0.4 is 30.6 Å². The van der Waals surface area contributed by atoms with Crippen LogP contribution in [0.15, 0.2) is 54.6 Å². The summed E-state index contributed by atoms with van der Waals surface area (Å²) in [6.45, 7) is 13.0. The molecule has 0 radical (unpaired) electrons. The van der Waals surface area contributed by atoms with Crippen molar-refractivity contribution >= 4 is 91.5 Å². The number of nitrogens with one attached hydrogen (secondary N) is 2. The van der Waals surface area contributed by atoms with Crippen molar-refractivity contribution in [3.05, 3.63) is 75.8 Å². The maximum Gasteiger partial charge on any atom is 0.306 e. The number of carbonyl (C=O) groups excluding carboxylic acids is 2. The van der Waals surface area contributed by atoms with Crippen molar-refractivity contribution in [2.45, 2.75) is 111 Å². The first-order chi connectivity index (χ1) is 31.8. The first-order valence-electron chi connectivity index (χ1n) is 22.0. The smallest absolute Gasteiger partial charge is 0.306 e. The maximum atomic E-state index is 11.7. The van der Waals surface area contributed by atoms with E-state index in [1.807, 2.05) is 77.9 Å². The fraction of sp³-hybridized carbons (Fsp3) is 0.458. The Morgan fingerprint density at radius 1 is 0.507 bits per heavy atom. The van der Waals surface area contributed by atoms with Gasteiger partial charge in [0, 0.05) is 50.7 Å². The largest absolute Gasteiger partial charge is 0.497 e. The van der Waals surface area contributed by atoms with Gasteiger partial charge < -0.3 is 40.1 Å². The molecule has 0 unspecified atom stereocenters. The SMILES string of the molecule is COc1ccc2nc(CN)c(NCCCCCC(=O)OC(C)(C)C)nc2c1.COc1ccc2nc(Cl)c(Cl)nc2c1.COc1ccc2nc(Cl)c(NCCCCCC(=O)OC(C)(C)C)nc2c1. The fourth-order valence-electron chi connectivity index (χ4n) is 6.19. The number of esters is 2. The summed E-state index contributed by atoms with van der Waals surface area (Å²) >= 11 is 17.7. The van der Waals surface area contributed by atoms with Gasteiger partial charge in [-0.2, -0.15) is 0 Å². The minimum absolute atomic E-state index is 0.143. The average molecular weight is 983 g/mol. The van der Waals surface area contributed by atoms with E-state index >= 15 is 0 Å². The van der Waals surface area contributed by atoms with Gasteiger partial charge in [0.2, 0.25) is 0 Å². The summed E-state index contributed by atoms with van der Waals surface area (Å²) in [5.74, 6) is 3.14. The van der Waals surface area contributed by atoms with E-state index in [2.05, 4.69) is 40.5 Å². The molecule has 3 aromatic heterocycles. The Bertz CT molecular complexity index is 2570. The minimum atomic E-state index is -0.424. The van der Waals surface area contributed by atoms with Crippen LogP contribution in [0.4, 0.5) is 11.6 Å². The van der Waals surface area contributed by atoms with Crippen LogP contribution in [0.5, 0.6) is 17.2 Å². The topological polar surface area (TPSA) is 208 Å². The number of methoxy groups -OCH3 is 3. The monoisotopic (exact) mass is 981 g/mol. The van der Waals surface area contributed by atoms with Crippen LogP contribution in [0, 0.1) is 0 Å². The van der Waals surface area contributed by atoms with E-state index in [4.69, 9.17) is 64.2 Å².